The van der Waals surface area contributed by atoms with E-state index in [1.165, 1.54) is 38.7 Å². The normalized spacial score (nSPS) is 23.3. The molecule has 19 heavy (non-hydrogen) atoms. The van der Waals surface area contributed by atoms with Crippen molar-refractivity contribution in [3.8, 4) is 0 Å². The van der Waals surface area contributed by atoms with E-state index in [4.69, 9.17) is 0 Å². The molecule has 0 aromatic heterocycles. The van der Waals surface area contributed by atoms with Gasteiger partial charge in [0.2, 0.25) is 0 Å². The maximum absolute atomic E-state index is 14.1. The Hall–Kier alpha value is -1.18. The Bertz CT molecular complexity index is 445. The molecule has 1 nitrogen and oxygen atoms in total. The Balaban J connectivity index is 2.05. The SMILES string of the molecule is CCCC1CCC(c2ccc(C(C)=O)cc2F)CC1. The van der Waals surface area contributed by atoms with Gasteiger partial charge in [-0.05, 0) is 56.1 Å². The van der Waals surface area contributed by atoms with Gasteiger partial charge in [-0.3, -0.25) is 4.79 Å². The fourth-order valence-electron chi connectivity index (χ4n) is 3.25. The molecule has 0 bridgehead atoms. The summed E-state index contributed by atoms with van der Waals surface area (Å²) in [5, 5.41) is 0. The standard InChI is InChI=1S/C17H23FO/c1-3-4-13-5-7-14(8-6-13)16-10-9-15(12(2)19)11-17(16)18/h9-11,13-14H,3-8H2,1-2H3. The van der Waals surface area contributed by atoms with Gasteiger partial charge < -0.3 is 0 Å². The molecule has 2 heteroatoms. The second kappa shape index (κ2) is 6.31. The molecule has 2 rings (SSSR count). The molecule has 1 aliphatic rings. The van der Waals surface area contributed by atoms with Crippen LogP contribution < -0.4 is 0 Å². The van der Waals surface area contributed by atoms with Crippen LogP contribution in [0.3, 0.4) is 0 Å². The lowest BCUT2D eigenvalue weighted by Gasteiger charge is -2.28. The summed E-state index contributed by atoms with van der Waals surface area (Å²) in [6.45, 7) is 3.71. The number of hydrogen-bond acceptors (Lipinski definition) is 1. The van der Waals surface area contributed by atoms with Crippen molar-refractivity contribution in [3.05, 3.63) is 35.1 Å². The Morgan fingerprint density at radius 2 is 1.95 bits per heavy atom. The van der Waals surface area contributed by atoms with Crippen molar-refractivity contribution in [3.63, 3.8) is 0 Å². The van der Waals surface area contributed by atoms with E-state index in [1.807, 2.05) is 6.07 Å². The van der Waals surface area contributed by atoms with Crippen LogP contribution in [0, 0.1) is 11.7 Å². The predicted molar refractivity (Wildman–Crippen MR) is 76.0 cm³/mol. The molecule has 0 radical (unpaired) electrons. The number of halogens is 1. The summed E-state index contributed by atoms with van der Waals surface area (Å²) in [6, 6.07) is 4.98. The number of carbonyl (C=O) groups is 1. The van der Waals surface area contributed by atoms with Crippen molar-refractivity contribution < 1.29 is 9.18 Å². The van der Waals surface area contributed by atoms with Crippen LogP contribution in [0.25, 0.3) is 0 Å². The summed E-state index contributed by atoms with van der Waals surface area (Å²) in [5.41, 5.74) is 1.28. The van der Waals surface area contributed by atoms with Crippen LogP contribution in [0.15, 0.2) is 18.2 Å². The maximum Gasteiger partial charge on any atom is 0.159 e. The first-order chi connectivity index (χ1) is 9.11. The summed E-state index contributed by atoms with van der Waals surface area (Å²) in [7, 11) is 0. The average Bonchev–Trinajstić information content (AvgIpc) is 2.40. The van der Waals surface area contributed by atoms with Gasteiger partial charge in [-0.1, -0.05) is 31.9 Å². The van der Waals surface area contributed by atoms with Gasteiger partial charge in [-0.25, -0.2) is 4.39 Å². The van der Waals surface area contributed by atoms with Gasteiger partial charge in [0.05, 0.1) is 0 Å². The molecule has 1 fully saturated rings. The van der Waals surface area contributed by atoms with Gasteiger partial charge in [0.25, 0.3) is 0 Å². The van der Waals surface area contributed by atoms with E-state index in [1.54, 1.807) is 6.07 Å². The monoisotopic (exact) mass is 262 g/mol. The van der Waals surface area contributed by atoms with E-state index < -0.39 is 0 Å². The third kappa shape index (κ3) is 3.43. The fourth-order valence-corrected chi connectivity index (χ4v) is 3.25. The van der Waals surface area contributed by atoms with Crippen molar-refractivity contribution in [2.24, 2.45) is 5.92 Å². The van der Waals surface area contributed by atoms with Crippen LogP contribution in [0.4, 0.5) is 4.39 Å². The van der Waals surface area contributed by atoms with E-state index in [-0.39, 0.29) is 11.6 Å². The molecule has 1 aliphatic carbocycles. The molecular weight excluding hydrogens is 239 g/mol. The highest BCUT2D eigenvalue weighted by atomic mass is 19.1. The fraction of sp³-hybridized carbons (Fsp3) is 0.588. The zero-order valence-corrected chi connectivity index (χ0v) is 11.9. The van der Waals surface area contributed by atoms with Crippen molar-refractivity contribution in [1.82, 2.24) is 0 Å². The summed E-state index contributed by atoms with van der Waals surface area (Å²) in [5.74, 6) is 0.902. The van der Waals surface area contributed by atoms with E-state index in [0.717, 1.165) is 24.3 Å². The Morgan fingerprint density at radius 3 is 2.47 bits per heavy atom. The Morgan fingerprint density at radius 1 is 1.26 bits per heavy atom. The minimum absolute atomic E-state index is 0.0721. The van der Waals surface area contributed by atoms with Crippen molar-refractivity contribution in [1.29, 1.82) is 0 Å². The van der Waals surface area contributed by atoms with Gasteiger partial charge in [0.1, 0.15) is 5.82 Å². The van der Waals surface area contributed by atoms with E-state index in [2.05, 4.69) is 6.92 Å². The summed E-state index contributed by atoms with van der Waals surface area (Å²) in [6.07, 6.45) is 7.15. The second-order valence-electron chi connectivity index (χ2n) is 5.80. The zero-order valence-electron chi connectivity index (χ0n) is 11.9. The maximum atomic E-state index is 14.1. The second-order valence-corrected chi connectivity index (χ2v) is 5.80. The van der Waals surface area contributed by atoms with Gasteiger partial charge in [-0.2, -0.15) is 0 Å². The predicted octanol–water partition coefficient (Wildman–Crippen LogP) is 5.10. The molecule has 0 N–H and O–H groups in total. The number of rotatable bonds is 4. The molecule has 0 spiro atoms. The summed E-state index contributed by atoms with van der Waals surface area (Å²) < 4.78 is 14.1. The van der Waals surface area contributed by atoms with Gasteiger partial charge in [0.15, 0.2) is 5.78 Å². The lowest BCUT2D eigenvalue weighted by atomic mass is 9.77. The highest BCUT2D eigenvalue weighted by Gasteiger charge is 2.24. The molecule has 1 aromatic rings. The highest BCUT2D eigenvalue weighted by Crippen LogP contribution is 2.38. The van der Waals surface area contributed by atoms with Crippen LogP contribution in [0.1, 0.15) is 74.2 Å². The smallest absolute Gasteiger partial charge is 0.159 e. The molecule has 0 aliphatic heterocycles. The van der Waals surface area contributed by atoms with Crippen LogP contribution >= 0.6 is 0 Å². The lowest BCUT2D eigenvalue weighted by molar-refractivity contribution is 0.101. The van der Waals surface area contributed by atoms with Gasteiger partial charge in [-0.15, -0.1) is 0 Å². The van der Waals surface area contributed by atoms with Crippen LogP contribution in [0.5, 0.6) is 0 Å². The molecular formula is C17H23FO. The van der Waals surface area contributed by atoms with Crippen molar-refractivity contribution in [2.45, 2.75) is 58.3 Å². The number of Topliss-reactive ketones (excluding diaryl/α,β-unsaturated/α-hetero) is 1. The minimum atomic E-state index is -0.202. The molecule has 1 aromatic carbocycles. The average molecular weight is 262 g/mol. The number of benzene rings is 1. The highest BCUT2D eigenvalue weighted by molar-refractivity contribution is 5.94. The topological polar surface area (TPSA) is 17.1 Å². The third-order valence-corrected chi connectivity index (χ3v) is 4.39. The Kier molecular flexibility index (Phi) is 4.73. The van der Waals surface area contributed by atoms with E-state index in [9.17, 15) is 9.18 Å². The molecule has 104 valence electrons. The molecule has 0 unspecified atom stereocenters. The molecule has 1 saturated carbocycles. The van der Waals surface area contributed by atoms with Crippen molar-refractivity contribution in [2.75, 3.05) is 0 Å². The van der Waals surface area contributed by atoms with E-state index >= 15 is 0 Å². The molecule has 0 heterocycles. The van der Waals surface area contributed by atoms with Crippen LogP contribution in [0.2, 0.25) is 0 Å². The first-order valence-electron chi connectivity index (χ1n) is 7.42. The first kappa shape index (κ1) is 14.2. The first-order valence-corrected chi connectivity index (χ1v) is 7.42. The number of ketones is 1. The van der Waals surface area contributed by atoms with Gasteiger partial charge in [0, 0.05) is 5.56 Å². The van der Waals surface area contributed by atoms with E-state index in [0.29, 0.717) is 11.5 Å². The number of carbonyl (C=O) groups excluding carboxylic acids is 1. The minimum Gasteiger partial charge on any atom is -0.295 e. The molecule has 0 saturated heterocycles. The lowest BCUT2D eigenvalue weighted by Crippen LogP contribution is -2.14. The third-order valence-electron chi connectivity index (χ3n) is 4.39. The van der Waals surface area contributed by atoms with Crippen LogP contribution in [-0.4, -0.2) is 5.78 Å². The van der Waals surface area contributed by atoms with Gasteiger partial charge >= 0.3 is 0 Å². The number of hydrogen-bond donors (Lipinski definition) is 0. The summed E-state index contributed by atoms with van der Waals surface area (Å²) >= 11 is 0. The largest absolute Gasteiger partial charge is 0.295 e. The molecule has 0 amide bonds. The summed E-state index contributed by atoms with van der Waals surface area (Å²) in [4.78, 5) is 11.2. The quantitative estimate of drug-likeness (QED) is 0.690. The van der Waals surface area contributed by atoms with Crippen molar-refractivity contribution >= 4 is 5.78 Å². The Labute approximate surface area is 115 Å². The molecule has 0 atom stereocenters. The zero-order chi connectivity index (χ0) is 13.8. The van der Waals surface area contributed by atoms with Crippen LogP contribution in [-0.2, 0) is 0 Å².